The van der Waals surface area contributed by atoms with E-state index in [4.69, 9.17) is 52.1 Å². The van der Waals surface area contributed by atoms with Crippen LogP contribution in [0.2, 0.25) is 0 Å². The highest BCUT2D eigenvalue weighted by Crippen LogP contribution is 2.38. The van der Waals surface area contributed by atoms with E-state index in [0.717, 1.165) is 55.4 Å². The van der Waals surface area contributed by atoms with Gasteiger partial charge >= 0.3 is 47.8 Å². The molecule has 0 N–H and O–H groups in total. The highest BCUT2D eigenvalue weighted by Gasteiger charge is 2.53. The Morgan fingerprint density at radius 2 is 1.05 bits per heavy atom. The maximum atomic E-state index is 13.8. The summed E-state index contributed by atoms with van der Waals surface area (Å²) in [6, 6.07) is 7.87. The summed E-state index contributed by atoms with van der Waals surface area (Å²) in [5.74, 6) is -7.57. The molecule has 20 heteroatoms. The van der Waals surface area contributed by atoms with E-state index in [0.29, 0.717) is 0 Å². The number of ketones is 1. The lowest BCUT2D eigenvalue weighted by molar-refractivity contribution is -0.323. The molecule has 0 aromatic heterocycles. The van der Waals surface area contributed by atoms with Crippen molar-refractivity contribution < 1.29 is 95.3 Å². The molecule has 0 radical (unpaired) electrons. The zero-order valence-electron chi connectivity index (χ0n) is 34.3. The van der Waals surface area contributed by atoms with Gasteiger partial charge in [0.05, 0.1) is 6.10 Å². The Balaban J connectivity index is 2.19. The fourth-order valence-electron chi connectivity index (χ4n) is 6.01. The van der Waals surface area contributed by atoms with Crippen LogP contribution in [0, 0.1) is 0 Å². The van der Waals surface area contributed by atoms with Gasteiger partial charge in [0.15, 0.2) is 53.4 Å². The Labute approximate surface area is 343 Å². The molecule has 2 aromatic rings. The summed E-state index contributed by atoms with van der Waals surface area (Å²) < 4.78 is 61.0. The standard InChI is InChI=1S/C40H46O20/c1-19(41)51-18-35-37(56-24(6)46)38(57-25(7)47)39(58-26(8)48)40(60-35)59-32(36(50-9)28-11-14-31(53-21(3)43)34(17-28)55-23(5)45)15-12-29(49)27-10-13-30(52-20(2)42)33(16-27)54-22(4)44/h10-11,13-14,16-17,32,35-40H,12,15,18H2,1-9H3/t32-,35-,36-,37-,38+,39-,40-/m1/s1. The molecule has 3 rings (SSSR count). The quantitative estimate of drug-likeness (QED) is 0.0903. The van der Waals surface area contributed by atoms with E-state index >= 15 is 0 Å². The first kappa shape index (κ1) is 48.1. The van der Waals surface area contributed by atoms with E-state index in [1.54, 1.807) is 0 Å². The van der Waals surface area contributed by atoms with Crippen molar-refractivity contribution in [2.75, 3.05) is 13.7 Å². The molecule has 2 aromatic carbocycles. The molecular formula is C40H46O20. The van der Waals surface area contributed by atoms with Crippen molar-refractivity contribution >= 4 is 53.5 Å². The molecule has 0 unspecified atom stereocenters. The van der Waals surface area contributed by atoms with Crippen molar-refractivity contribution in [1.29, 1.82) is 0 Å². The molecule has 1 heterocycles. The largest absolute Gasteiger partial charge is 0.463 e. The van der Waals surface area contributed by atoms with Crippen LogP contribution in [0.5, 0.6) is 23.0 Å². The lowest BCUT2D eigenvalue weighted by Crippen LogP contribution is -2.63. The first-order chi connectivity index (χ1) is 28.2. The summed E-state index contributed by atoms with van der Waals surface area (Å²) in [5, 5.41) is 0. The summed E-state index contributed by atoms with van der Waals surface area (Å²) in [4.78, 5) is 110. The molecule has 0 amide bonds. The van der Waals surface area contributed by atoms with Gasteiger partial charge in [-0.3, -0.25) is 43.2 Å². The van der Waals surface area contributed by atoms with Crippen LogP contribution in [-0.2, 0) is 71.5 Å². The smallest absolute Gasteiger partial charge is 0.308 e. The molecule has 0 spiro atoms. The third-order valence-corrected chi connectivity index (χ3v) is 8.08. The lowest BCUT2D eigenvalue weighted by atomic mass is 9.95. The zero-order chi connectivity index (χ0) is 44.8. The molecule has 0 bridgehead atoms. The van der Waals surface area contributed by atoms with Crippen LogP contribution in [0.1, 0.15) is 90.3 Å². The SMILES string of the molecule is CO[C@H](c1ccc(OC(C)=O)c(OC(C)=O)c1)[C@@H](CCC(=O)c1ccc(OC(C)=O)c(OC(C)=O)c1)O[C@@H]1O[C@H](COC(C)=O)[C@@H](OC(C)=O)[C@H](OC(C)=O)[C@H]1OC(C)=O. The maximum Gasteiger partial charge on any atom is 0.308 e. The Hall–Kier alpha value is -6.25. The van der Waals surface area contributed by atoms with Gasteiger partial charge in [-0.15, -0.1) is 0 Å². The average molecular weight is 847 g/mol. The number of ether oxygens (including phenoxy) is 11. The maximum absolute atomic E-state index is 13.8. The van der Waals surface area contributed by atoms with Gasteiger partial charge in [-0.2, -0.15) is 0 Å². The topological polar surface area (TPSA) is 255 Å². The number of carbonyl (C=O) groups is 9. The van der Waals surface area contributed by atoms with E-state index in [1.807, 2.05) is 0 Å². The van der Waals surface area contributed by atoms with Gasteiger partial charge in [-0.05, 0) is 42.3 Å². The van der Waals surface area contributed by atoms with E-state index in [2.05, 4.69) is 0 Å². The van der Waals surface area contributed by atoms with Gasteiger partial charge in [0.1, 0.15) is 18.8 Å². The minimum atomic E-state index is -1.73. The number of methoxy groups -OCH3 is 1. The molecule has 60 heavy (non-hydrogen) atoms. The van der Waals surface area contributed by atoms with Crippen LogP contribution in [0.15, 0.2) is 36.4 Å². The Morgan fingerprint density at radius 1 is 0.567 bits per heavy atom. The predicted molar refractivity (Wildman–Crippen MR) is 198 cm³/mol. The summed E-state index contributed by atoms with van der Waals surface area (Å²) in [6.07, 6.45) is -11.0. The van der Waals surface area contributed by atoms with Crippen LogP contribution < -0.4 is 18.9 Å². The number of benzene rings is 2. The van der Waals surface area contributed by atoms with Gasteiger partial charge < -0.3 is 52.1 Å². The van der Waals surface area contributed by atoms with E-state index in [-0.39, 0.29) is 47.0 Å². The number of Topliss-reactive ketones (excluding diaryl/α,β-unsaturated/α-hetero) is 1. The van der Waals surface area contributed by atoms with Crippen molar-refractivity contribution in [3.8, 4) is 23.0 Å². The summed E-state index contributed by atoms with van der Waals surface area (Å²) in [6.45, 7) is 8.18. The minimum Gasteiger partial charge on any atom is -0.463 e. The van der Waals surface area contributed by atoms with Gasteiger partial charge in [-0.25, -0.2) is 0 Å². The van der Waals surface area contributed by atoms with Crippen molar-refractivity contribution in [1.82, 2.24) is 0 Å². The molecule has 1 aliphatic heterocycles. The fourth-order valence-corrected chi connectivity index (χ4v) is 6.01. The van der Waals surface area contributed by atoms with Crippen LogP contribution in [0.3, 0.4) is 0 Å². The summed E-state index contributed by atoms with van der Waals surface area (Å²) >= 11 is 0. The third-order valence-electron chi connectivity index (χ3n) is 8.08. The molecule has 20 nitrogen and oxygen atoms in total. The average Bonchev–Trinajstić information content (AvgIpc) is 3.12. The Kier molecular flexibility index (Phi) is 17.8. The molecule has 1 aliphatic rings. The van der Waals surface area contributed by atoms with E-state index < -0.39 is 103 Å². The lowest BCUT2D eigenvalue weighted by Gasteiger charge is -2.45. The van der Waals surface area contributed by atoms with Gasteiger partial charge in [0, 0.05) is 74.5 Å². The Morgan fingerprint density at radius 3 is 1.55 bits per heavy atom. The highest BCUT2D eigenvalue weighted by atomic mass is 16.7. The van der Waals surface area contributed by atoms with Crippen LogP contribution >= 0.6 is 0 Å². The Bertz CT molecular complexity index is 1950. The third kappa shape index (κ3) is 14.5. The number of hydrogen-bond acceptors (Lipinski definition) is 20. The van der Waals surface area contributed by atoms with Crippen molar-refractivity contribution in [3.63, 3.8) is 0 Å². The van der Waals surface area contributed by atoms with E-state index in [9.17, 15) is 43.2 Å². The van der Waals surface area contributed by atoms with Crippen molar-refractivity contribution in [2.24, 2.45) is 0 Å². The van der Waals surface area contributed by atoms with Crippen LogP contribution in [0.25, 0.3) is 0 Å². The van der Waals surface area contributed by atoms with E-state index in [1.165, 1.54) is 43.5 Å². The van der Waals surface area contributed by atoms with Crippen molar-refractivity contribution in [3.05, 3.63) is 47.5 Å². The summed E-state index contributed by atoms with van der Waals surface area (Å²) in [5.41, 5.74) is 0.251. The number of rotatable bonds is 18. The molecule has 0 aliphatic carbocycles. The molecular weight excluding hydrogens is 800 g/mol. The van der Waals surface area contributed by atoms with Gasteiger partial charge in [0.2, 0.25) is 0 Å². The van der Waals surface area contributed by atoms with Gasteiger partial charge in [-0.1, -0.05) is 6.07 Å². The fraction of sp³-hybridized carbons (Fsp3) is 0.475. The van der Waals surface area contributed by atoms with Gasteiger partial charge in [0.25, 0.3) is 0 Å². The first-order valence-corrected chi connectivity index (χ1v) is 18.2. The first-order valence-electron chi connectivity index (χ1n) is 18.2. The molecule has 0 saturated carbocycles. The predicted octanol–water partition coefficient (Wildman–Crippen LogP) is 3.21. The second kappa shape index (κ2) is 22.2. The number of esters is 8. The second-order valence-corrected chi connectivity index (χ2v) is 13.1. The highest BCUT2D eigenvalue weighted by molar-refractivity contribution is 5.97. The van der Waals surface area contributed by atoms with Crippen LogP contribution in [-0.4, -0.2) is 104 Å². The monoisotopic (exact) mass is 846 g/mol. The van der Waals surface area contributed by atoms with Crippen LogP contribution in [0.4, 0.5) is 0 Å². The summed E-state index contributed by atoms with van der Waals surface area (Å²) in [7, 11) is 1.28. The molecule has 1 saturated heterocycles. The zero-order valence-corrected chi connectivity index (χ0v) is 34.3. The number of carbonyl (C=O) groups excluding carboxylic acids is 9. The minimum absolute atomic E-state index is 0.0186. The normalized spacial score (nSPS) is 19.3. The molecule has 326 valence electrons. The molecule has 1 fully saturated rings. The second-order valence-electron chi connectivity index (χ2n) is 13.1. The van der Waals surface area contributed by atoms with Crippen molar-refractivity contribution in [2.45, 2.75) is 111 Å². The molecule has 7 atom stereocenters. The number of hydrogen-bond donors (Lipinski definition) is 0.